The monoisotopic (exact) mass is 301 g/mol. The van der Waals surface area contributed by atoms with E-state index in [1.54, 1.807) is 0 Å². The molecule has 0 radical (unpaired) electrons. The molecule has 6 heteroatoms. The zero-order valence-electron chi connectivity index (χ0n) is 13.3. The van der Waals surface area contributed by atoms with Gasteiger partial charge < -0.3 is 5.32 Å². The van der Waals surface area contributed by atoms with Gasteiger partial charge in [0.1, 0.15) is 17.3 Å². The highest BCUT2D eigenvalue weighted by Crippen LogP contribution is 2.37. The summed E-state index contributed by atoms with van der Waals surface area (Å²) in [6, 6.07) is 0.168. The number of anilines is 1. The summed E-state index contributed by atoms with van der Waals surface area (Å²) in [5.41, 5.74) is 0.916. The van der Waals surface area contributed by atoms with E-state index in [1.165, 1.54) is 25.7 Å². The summed E-state index contributed by atoms with van der Waals surface area (Å²) in [4.78, 5) is 22.4. The highest BCUT2D eigenvalue weighted by atomic mass is 16.1. The van der Waals surface area contributed by atoms with E-state index in [9.17, 15) is 4.79 Å². The van der Waals surface area contributed by atoms with Crippen molar-refractivity contribution in [1.29, 1.82) is 0 Å². The molecule has 1 unspecified atom stereocenters. The number of imidazole rings is 1. The summed E-state index contributed by atoms with van der Waals surface area (Å²) in [6.07, 6.45) is 5.79. The minimum absolute atomic E-state index is 0.0414. The van der Waals surface area contributed by atoms with Crippen LogP contribution in [0.15, 0.2) is 4.79 Å². The molecule has 0 saturated heterocycles. The van der Waals surface area contributed by atoms with Crippen LogP contribution in [0, 0.1) is 0 Å². The maximum absolute atomic E-state index is 12.8. The van der Waals surface area contributed by atoms with Gasteiger partial charge >= 0.3 is 5.69 Å². The van der Waals surface area contributed by atoms with Crippen LogP contribution in [0.1, 0.15) is 63.7 Å². The largest absolute Gasteiger partial charge is 0.367 e. The minimum Gasteiger partial charge on any atom is -0.367 e. The Bertz CT molecular complexity index is 725. The lowest BCUT2D eigenvalue weighted by Gasteiger charge is -2.15. The Balaban J connectivity index is 1.94. The van der Waals surface area contributed by atoms with Gasteiger partial charge in [0, 0.05) is 19.0 Å². The molecule has 0 bridgehead atoms. The van der Waals surface area contributed by atoms with Crippen molar-refractivity contribution in [3.05, 3.63) is 16.3 Å². The Kier molecular flexibility index (Phi) is 3.20. The van der Waals surface area contributed by atoms with Crippen LogP contribution in [-0.4, -0.2) is 25.6 Å². The van der Waals surface area contributed by atoms with Crippen LogP contribution < -0.4 is 11.0 Å². The molecule has 1 saturated carbocycles. The molecule has 3 heterocycles. The third-order valence-corrected chi connectivity index (χ3v) is 4.99. The van der Waals surface area contributed by atoms with Gasteiger partial charge in [-0.1, -0.05) is 19.8 Å². The van der Waals surface area contributed by atoms with E-state index in [2.05, 4.69) is 19.2 Å². The molecule has 4 aliphatic rings. The van der Waals surface area contributed by atoms with Crippen molar-refractivity contribution in [2.75, 3.05) is 11.9 Å². The normalized spacial score (nSPS) is 21.5. The maximum Gasteiger partial charge on any atom is 0.331 e. The smallest absolute Gasteiger partial charge is 0.331 e. The number of nitrogens with one attached hydrogen (secondary N) is 1. The highest BCUT2D eigenvalue weighted by molar-refractivity contribution is 5.69. The fraction of sp³-hybridized carbons (Fsp3) is 0.688. The van der Waals surface area contributed by atoms with Gasteiger partial charge in [0.05, 0.1) is 6.04 Å². The van der Waals surface area contributed by atoms with Crippen LogP contribution in [0.3, 0.4) is 0 Å². The van der Waals surface area contributed by atoms with E-state index >= 15 is 0 Å². The number of aromatic nitrogens is 4. The molecule has 118 valence electrons. The van der Waals surface area contributed by atoms with Crippen LogP contribution >= 0.6 is 0 Å². The lowest BCUT2D eigenvalue weighted by atomic mass is 10.1. The van der Waals surface area contributed by atoms with E-state index in [0.717, 1.165) is 36.1 Å². The molecular formula is C16H23N5O. The summed E-state index contributed by atoms with van der Waals surface area (Å²) >= 11 is 0. The van der Waals surface area contributed by atoms with Gasteiger partial charge in [0.25, 0.3) is 0 Å². The van der Waals surface area contributed by atoms with Crippen molar-refractivity contribution < 1.29 is 0 Å². The fourth-order valence-corrected chi connectivity index (χ4v) is 3.83. The van der Waals surface area contributed by atoms with Crippen molar-refractivity contribution >= 4 is 5.82 Å². The van der Waals surface area contributed by atoms with Gasteiger partial charge in [0.2, 0.25) is 0 Å². The summed E-state index contributed by atoms with van der Waals surface area (Å²) in [6.45, 7) is 5.64. The van der Waals surface area contributed by atoms with E-state index < -0.39 is 0 Å². The van der Waals surface area contributed by atoms with Crippen LogP contribution in [0.25, 0.3) is 11.5 Å². The van der Waals surface area contributed by atoms with Crippen LogP contribution in [0.2, 0.25) is 0 Å². The van der Waals surface area contributed by atoms with E-state index in [1.807, 2.05) is 9.13 Å². The first-order chi connectivity index (χ1) is 10.7. The highest BCUT2D eigenvalue weighted by Gasteiger charge is 2.32. The molecule has 1 atom stereocenters. The number of rotatable bonds is 3. The Labute approximate surface area is 129 Å². The van der Waals surface area contributed by atoms with Crippen molar-refractivity contribution in [3.8, 4) is 11.5 Å². The minimum atomic E-state index is 0.0414. The first-order valence-electron chi connectivity index (χ1n) is 8.47. The fourth-order valence-electron chi connectivity index (χ4n) is 3.83. The second-order valence-electron chi connectivity index (χ2n) is 6.62. The van der Waals surface area contributed by atoms with Gasteiger partial charge in [0.15, 0.2) is 5.82 Å². The summed E-state index contributed by atoms with van der Waals surface area (Å²) in [7, 11) is 0. The molecule has 0 amide bonds. The molecule has 1 aliphatic carbocycles. The van der Waals surface area contributed by atoms with Gasteiger partial charge in [-0.25, -0.2) is 14.8 Å². The quantitative estimate of drug-likeness (QED) is 0.946. The number of fused-ring (bicyclic) bond motifs is 3. The van der Waals surface area contributed by atoms with Crippen LogP contribution in [0.5, 0.6) is 0 Å². The van der Waals surface area contributed by atoms with Gasteiger partial charge in [-0.2, -0.15) is 0 Å². The van der Waals surface area contributed by atoms with Crippen LogP contribution in [-0.2, 0) is 6.54 Å². The molecule has 4 rings (SSSR count). The number of hydrogen-bond acceptors (Lipinski definition) is 4. The first kappa shape index (κ1) is 13.8. The van der Waals surface area contributed by atoms with Gasteiger partial charge in [-0.15, -0.1) is 0 Å². The van der Waals surface area contributed by atoms with Crippen molar-refractivity contribution in [1.82, 2.24) is 19.1 Å². The maximum atomic E-state index is 12.8. The average molecular weight is 301 g/mol. The van der Waals surface area contributed by atoms with Crippen LogP contribution in [0.4, 0.5) is 5.82 Å². The molecule has 22 heavy (non-hydrogen) atoms. The Morgan fingerprint density at radius 2 is 2.05 bits per heavy atom. The number of nitrogens with zero attached hydrogens (tertiary/aromatic N) is 4. The Morgan fingerprint density at radius 3 is 2.77 bits per heavy atom. The third kappa shape index (κ3) is 1.89. The molecule has 0 spiro atoms. The molecule has 0 aromatic carbocycles. The van der Waals surface area contributed by atoms with E-state index in [4.69, 9.17) is 9.97 Å². The SMILES string of the molecule is CCCn1c2nc(C3CCCC3)nc-2c2n(c1=O)C(C)CN2. The van der Waals surface area contributed by atoms with E-state index in [0.29, 0.717) is 12.5 Å². The Morgan fingerprint density at radius 1 is 1.27 bits per heavy atom. The number of hydrogen-bond donors (Lipinski definition) is 1. The predicted octanol–water partition coefficient (Wildman–Crippen LogP) is 2.60. The molecule has 1 fully saturated rings. The van der Waals surface area contributed by atoms with Gasteiger partial charge in [-0.05, 0) is 26.2 Å². The standard InChI is InChI=1S/C16H23N5O/c1-3-8-20-15-12(14-17-9-10(2)21(14)16(20)22)18-13(19-15)11-6-4-5-7-11/h10-11,17H,3-9H2,1-2H3. The second-order valence-corrected chi connectivity index (χ2v) is 6.62. The molecule has 1 N–H and O–H groups in total. The lowest BCUT2D eigenvalue weighted by molar-refractivity contribution is 0.535. The van der Waals surface area contributed by atoms with Crippen molar-refractivity contribution in [3.63, 3.8) is 0 Å². The second kappa shape index (κ2) is 5.11. The van der Waals surface area contributed by atoms with Gasteiger partial charge in [-0.3, -0.25) is 9.13 Å². The zero-order valence-corrected chi connectivity index (χ0v) is 13.3. The topological polar surface area (TPSA) is 64.7 Å². The van der Waals surface area contributed by atoms with Crippen molar-refractivity contribution in [2.24, 2.45) is 0 Å². The molecule has 3 aliphatic heterocycles. The Hall–Kier alpha value is -1.85. The zero-order chi connectivity index (χ0) is 15.3. The lowest BCUT2D eigenvalue weighted by Crippen LogP contribution is -2.33. The predicted molar refractivity (Wildman–Crippen MR) is 85.6 cm³/mol. The third-order valence-electron chi connectivity index (χ3n) is 4.99. The summed E-state index contributed by atoms with van der Waals surface area (Å²) in [5, 5.41) is 3.35. The summed E-state index contributed by atoms with van der Waals surface area (Å²) < 4.78 is 3.67. The molecular weight excluding hydrogens is 278 g/mol. The summed E-state index contributed by atoms with van der Waals surface area (Å²) in [5.74, 6) is 3.03. The van der Waals surface area contributed by atoms with Crippen molar-refractivity contribution in [2.45, 2.75) is 64.5 Å². The molecule has 6 nitrogen and oxygen atoms in total. The average Bonchev–Trinajstić information content (AvgIpc) is 3.21. The molecule has 0 aromatic rings. The molecule has 0 aromatic heterocycles. The first-order valence-corrected chi connectivity index (χ1v) is 8.47. The van der Waals surface area contributed by atoms with E-state index in [-0.39, 0.29) is 11.7 Å².